The summed E-state index contributed by atoms with van der Waals surface area (Å²) in [5, 5.41) is 1.16. The van der Waals surface area contributed by atoms with Gasteiger partial charge in [0.25, 0.3) is 0 Å². The molecule has 0 N–H and O–H groups in total. The standard InChI is InChI=1S/C4H7NOS2/c1-6-2-5-4-7-3-8-4/h2-3H2,1H3. The van der Waals surface area contributed by atoms with E-state index < -0.39 is 0 Å². The molecular formula is C4H7NOS2. The third kappa shape index (κ3) is 1.69. The van der Waals surface area contributed by atoms with E-state index >= 15 is 0 Å². The Morgan fingerprint density at radius 1 is 1.75 bits per heavy atom. The smallest absolute Gasteiger partial charge is 0.138 e. The maximum absolute atomic E-state index is 4.73. The highest BCUT2D eigenvalue weighted by Gasteiger charge is 2.10. The summed E-state index contributed by atoms with van der Waals surface area (Å²) in [7, 11) is 1.65. The van der Waals surface area contributed by atoms with Crippen LogP contribution in [0.5, 0.6) is 0 Å². The van der Waals surface area contributed by atoms with E-state index in [0.29, 0.717) is 6.73 Å². The van der Waals surface area contributed by atoms with Crippen molar-refractivity contribution in [3.63, 3.8) is 0 Å². The summed E-state index contributed by atoms with van der Waals surface area (Å²) < 4.78 is 5.89. The first-order valence-electron chi connectivity index (χ1n) is 2.22. The summed E-state index contributed by atoms with van der Waals surface area (Å²) in [5.41, 5.74) is 0. The first-order chi connectivity index (χ1) is 3.93. The zero-order chi connectivity index (χ0) is 5.82. The van der Waals surface area contributed by atoms with Crippen LogP contribution in [0.25, 0.3) is 0 Å². The fourth-order valence-corrected chi connectivity index (χ4v) is 1.50. The summed E-state index contributed by atoms with van der Waals surface area (Å²) in [4.78, 5) is 4.07. The fraction of sp³-hybridized carbons (Fsp3) is 0.750. The van der Waals surface area contributed by atoms with Gasteiger partial charge in [-0.15, -0.1) is 0 Å². The minimum atomic E-state index is 0.509. The lowest BCUT2D eigenvalue weighted by Crippen LogP contribution is -1.99. The van der Waals surface area contributed by atoms with E-state index in [0.717, 1.165) is 9.46 Å². The predicted molar refractivity (Wildman–Crippen MR) is 39.4 cm³/mol. The molecule has 1 aliphatic rings. The van der Waals surface area contributed by atoms with E-state index in [9.17, 15) is 0 Å². The molecule has 0 aromatic carbocycles. The van der Waals surface area contributed by atoms with Crippen LogP contribution in [0.4, 0.5) is 0 Å². The lowest BCUT2D eigenvalue weighted by atomic mass is 11.2. The second kappa shape index (κ2) is 3.37. The molecule has 0 bridgehead atoms. The molecule has 0 saturated carbocycles. The molecule has 0 spiro atoms. The molecule has 1 rings (SSSR count). The maximum atomic E-state index is 4.73. The summed E-state index contributed by atoms with van der Waals surface area (Å²) in [6.07, 6.45) is 0. The molecule has 4 heteroatoms. The Morgan fingerprint density at radius 3 is 2.88 bits per heavy atom. The van der Waals surface area contributed by atoms with E-state index in [4.69, 9.17) is 4.74 Å². The third-order valence-corrected chi connectivity index (χ3v) is 3.09. The summed E-state index contributed by atoms with van der Waals surface area (Å²) >= 11 is 3.56. The van der Waals surface area contributed by atoms with Crippen molar-refractivity contribution in [2.24, 2.45) is 4.99 Å². The van der Waals surface area contributed by atoms with Gasteiger partial charge in [-0.25, -0.2) is 4.99 Å². The molecule has 1 heterocycles. The number of hydrogen-bond donors (Lipinski definition) is 0. The van der Waals surface area contributed by atoms with Crippen molar-refractivity contribution >= 4 is 27.9 Å². The molecule has 0 aromatic rings. The molecule has 1 aliphatic heterocycles. The number of rotatable bonds is 2. The van der Waals surface area contributed by atoms with Gasteiger partial charge in [0, 0.05) is 7.11 Å². The molecule has 1 saturated heterocycles. The quantitative estimate of drug-likeness (QED) is 0.592. The van der Waals surface area contributed by atoms with Crippen molar-refractivity contribution in [3.05, 3.63) is 0 Å². The van der Waals surface area contributed by atoms with Gasteiger partial charge in [-0.1, -0.05) is 23.5 Å². The molecule has 46 valence electrons. The summed E-state index contributed by atoms with van der Waals surface area (Å²) in [6.45, 7) is 0.509. The Hall–Kier alpha value is 0.330. The van der Waals surface area contributed by atoms with E-state index in [1.807, 2.05) is 0 Å². The van der Waals surface area contributed by atoms with Crippen LogP contribution >= 0.6 is 23.5 Å². The Morgan fingerprint density at radius 2 is 2.50 bits per heavy atom. The molecular weight excluding hydrogens is 142 g/mol. The Balaban J connectivity index is 2.11. The maximum Gasteiger partial charge on any atom is 0.138 e. The summed E-state index contributed by atoms with van der Waals surface area (Å²) in [6, 6.07) is 0. The number of ether oxygens (including phenoxy) is 1. The zero-order valence-corrected chi connectivity index (χ0v) is 6.22. The van der Waals surface area contributed by atoms with Crippen LogP contribution in [0.15, 0.2) is 4.99 Å². The second-order valence-corrected chi connectivity index (χ2v) is 3.80. The van der Waals surface area contributed by atoms with Crippen LogP contribution in [0.1, 0.15) is 0 Å². The van der Waals surface area contributed by atoms with Crippen LogP contribution in [-0.4, -0.2) is 23.3 Å². The molecule has 0 aromatic heterocycles. The van der Waals surface area contributed by atoms with E-state index in [1.54, 1.807) is 30.6 Å². The van der Waals surface area contributed by atoms with Crippen molar-refractivity contribution in [2.75, 3.05) is 18.9 Å². The Bertz CT molecular complexity index is 98.2. The molecule has 0 radical (unpaired) electrons. The number of methoxy groups -OCH3 is 1. The molecule has 0 amide bonds. The Kier molecular flexibility index (Phi) is 2.72. The lowest BCUT2D eigenvalue weighted by Gasteiger charge is -2.11. The fourth-order valence-electron chi connectivity index (χ4n) is 0.320. The van der Waals surface area contributed by atoms with Gasteiger partial charge in [-0.2, -0.15) is 0 Å². The average Bonchev–Trinajstić information content (AvgIpc) is 1.63. The largest absolute Gasteiger partial charge is 0.362 e. The minimum Gasteiger partial charge on any atom is -0.362 e. The number of nitrogens with zero attached hydrogens (tertiary/aromatic N) is 1. The highest BCUT2D eigenvalue weighted by atomic mass is 32.3. The third-order valence-electron chi connectivity index (χ3n) is 0.688. The van der Waals surface area contributed by atoms with Gasteiger partial charge in [-0.05, 0) is 0 Å². The molecule has 8 heavy (non-hydrogen) atoms. The highest BCUT2D eigenvalue weighted by molar-refractivity contribution is 8.52. The molecule has 0 unspecified atom stereocenters. The zero-order valence-electron chi connectivity index (χ0n) is 4.59. The highest BCUT2D eigenvalue weighted by Crippen LogP contribution is 2.32. The average molecular weight is 149 g/mol. The van der Waals surface area contributed by atoms with Crippen LogP contribution in [0.3, 0.4) is 0 Å². The first-order valence-corrected chi connectivity index (χ1v) is 4.19. The molecule has 0 atom stereocenters. The van der Waals surface area contributed by atoms with E-state index in [2.05, 4.69) is 4.99 Å². The normalized spacial score (nSPS) is 17.9. The Labute approximate surface area is 57.1 Å². The first kappa shape index (κ1) is 6.45. The van der Waals surface area contributed by atoms with Crippen LogP contribution < -0.4 is 0 Å². The van der Waals surface area contributed by atoms with Crippen LogP contribution in [-0.2, 0) is 4.74 Å². The number of aliphatic imine (C=N–C) groups is 1. The molecule has 1 fully saturated rings. The van der Waals surface area contributed by atoms with Crippen molar-refractivity contribution in [2.45, 2.75) is 0 Å². The second-order valence-electron chi connectivity index (χ2n) is 1.25. The minimum absolute atomic E-state index is 0.509. The summed E-state index contributed by atoms with van der Waals surface area (Å²) in [5.74, 6) is 0. The van der Waals surface area contributed by atoms with Crippen molar-refractivity contribution in [3.8, 4) is 0 Å². The van der Waals surface area contributed by atoms with Gasteiger partial charge in [0.1, 0.15) is 11.1 Å². The lowest BCUT2D eigenvalue weighted by molar-refractivity contribution is 0.209. The van der Waals surface area contributed by atoms with Gasteiger partial charge >= 0.3 is 0 Å². The van der Waals surface area contributed by atoms with Gasteiger partial charge in [0.15, 0.2) is 0 Å². The van der Waals surface area contributed by atoms with Crippen LogP contribution in [0.2, 0.25) is 0 Å². The molecule has 0 aliphatic carbocycles. The predicted octanol–water partition coefficient (Wildman–Crippen LogP) is 1.38. The van der Waals surface area contributed by atoms with Gasteiger partial charge < -0.3 is 4.74 Å². The SMILES string of the molecule is COCN=C1SCS1. The monoisotopic (exact) mass is 149 g/mol. The molecule has 2 nitrogen and oxygen atoms in total. The number of hydrogen-bond acceptors (Lipinski definition) is 4. The van der Waals surface area contributed by atoms with Crippen molar-refractivity contribution < 1.29 is 4.74 Å². The topological polar surface area (TPSA) is 21.6 Å². The number of thioether (sulfide) groups is 2. The van der Waals surface area contributed by atoms with Gasteiger partial charge in [0.2, 0.25) is 0 Å². The van der Waals surface area contributed by atoms with E-state index in [1.165, 1.54) is 0 Å². The van der Waals surface area contributed by atoms with E-state index in [-0.39, 0.29) is 0 Å². The van der Waals surface area contributed by atoms with Gasteiger partial charge in [-0.3, -0.25) is 0 Å². The van der Waals surface area contributed by atoms with Crippen molar-refractivity contribution in [1.82, 2.24) is 0 Å². The van der Waals surface area contributed by atoms with Crippen molar-refractivity contribution in [1.29, 1.82) is 0 Å². The van der Waals surface area contributed by atoms with Crippen LogP contribution in [0, 0.1) is 0 Å². The van der Waals surface area contributed by atoms with Gasteiger partial charge in [0.05, 0.1) is 5.08 Å².